The first-order chi connectivity index (χ1) is 6.77. The predicted molar refractivity (Wildman–Crippen MR) is 50.9 cm³/mol. The molecule has 0 bridgehead atoms. The third kappa shape index (κ3) is 0.977. The summed E-state index contributed by atoms with van der Waals surface area (Å²) in [5.41, 5.74) is 7.26. The van der Waals surface area contributed by atoms with Gasteiger partial charge >= 0.3 is 0 Å². The largest absolute Gasteiger partial charge is 0.492 e. The molecule has 0 spiro atoms. The Balaban J connectivity index is 2.90. The Hall–Kier alpha value is -2.22. The molecule has 2 rings (SSSR count). The van der Waals surface area contributed by atoms with Gasteiger partial charge in [0, 0.05) is 6.20 Å². The molecule has 0 unspecified atom stereocenters. The topological polar surface area (TPSA) is 76.3 Å². The van der Waals surface area contributed by atoms with Gasteiger partial charge in [-0.1, -0.05) is 0 Å². The zero-order valence-corrected chi connectivity index (χ0v) is 7.56. The number of nitrogens with zero attached hydrogens (tertiary/aromatic N) is 3. The Morgan fingerprint density at radius 3 is 3.07 bits per heavy atom. The summed E-state index contributed by atoms with van der Waals surface area (Å²) < 4.78 is 6.69. The van der Waals surface area contributed by atoms with E-state index in [4.69, 9.17) is 15.7 Å². The molecule has 14 heavy (non-hydrogen) atoms. The van der Waals surface area contributed by atoms with E-state index in [1.807, 2.05) is 6.07 Å². The highest BCUT2D eigenvalue weighted by atomic mass is 16.5. The maximum atomic E-state index is 8.84. The highest BCUT2D eigenvalue weighted by Crippen LogP contribution is 2.28. The molecule has 0 atom stereocenters. The zero-order valence-electron chi connectivity index (χ0n) is 7.56. The lowest BCUT2D eigenvalue weighted by atomic mass is 10.2. The maximum Gasteiger partial charge on any atom is 0.168 e. The molecule has 0 aliphatic rings. The highest BCUT2D eigenvalue weighted by molar-refractivity contribution is 5.76. The smallest absolute Gasteiger partial charge is 0.168 e. The number of hydrogen-bond donors (Lipinski definition) is 1. The third-order valence-corrected chi connectivity index (χ3v) is 1.99. The van der Waals surface area contributed by atoms with Gasteiger partial charge in [0.05, 0.1) is 19.0 Å². The van der Waals surface area contributed by atoms with Gasteiger partial charge in [-0.3, -0.25) is 0 Å². The summed E-state index contributed by atoms with van der Waals surface area (Å²) in [5.74, 6) is 0.488. The number of aromatic nitrogens is 2. The van der Waals surface area contributed by atoms with Gasteiger partial charge in [0.1, 0.15) is 17.1 Å². The van der Waals surface area contributed by atoms with Crippen LogP contribution in [0.15, 0.2) is 18.5 Å². The van der Waals surface area contributed by atoms with E-state index < -0.39 is 0 Å². The van der Waals surface area contributed by atoms with Crippen LogP contribution in [-0.2, 0) is 0 Å². The fourth-order valence-electron chi connectivity index (χ4n) is 1.36. The summed E-state index contributed by atoms with van der Waals surface area (Å²) >= 11 is 0. The molecule has 2 N–H and O–H groups in total. The molecule has 0 saturated heterocycles. The predicted octanol–water partition coefficient (Wildman–Crippen LogP) is 0.797. The third-order valence-electron chi connectivity index (χ3n) is 1.99. The van der Waals surface area contributed by atoms with Crippen molar-refractivity contribution in [1.29, 1.82) is 5.26 Å². The van der Waals surface area contributed by atoms with Crippen LogP contribution in [0.25, 0.3) is 5.52 Å². The first kappa shape index (κ1) is 8.38. The average Bonchev–Trinajstić information content (AvgIpc) is 2.61. The number of ether oxygens (including phenoxy) is 1. The van der Waals surface area contributed by atoms with Crippen LogP contribution < -0.4 is 10.5 Å². The second-order valence-corrected chi connectivity index (χ2v) is 2.77. The molecule has 0 aliphatic carbocycles. The molecule has 2 aromatic heterocycles. The molecule has 2 heterocycles. The summed E-state index contributed by atoms with van der Waals surface area (Å²) in [6.07, 6.45) is 3.17. The van der Waals surface area contributed by atoms with Crippen molar-refractivity contribution in [3.8, 4) is 11.8 Å². The van der Waals surface area contributed by atoms with Gasteiger partial charge < -0.3 is 10.5 Å². The van der Waals surface area contributed by atoms with Gasteiger partial charge in [-0.2, -0.15) is 10.4 Å². The molecule has 0 radical (unpaired) electrons. The molecule has 0 aliphatic heterocycles. The molecule has 5 heteroatoms. The van der Waals surface area contributed by atoms with Crippen LogP contribution in [0.1, 0.15) is 5.56 Å². The lowest BCUT2D eigenvalue weighted by Gasteiger charge is -2.05. The van der Waals surface area contributed by atoms with Gasteiger partial charge in [0.25, 0.3) is 0 Å². The fraction of sp³-hybridized carbons (Fsp3) is 0.111. The Labute approximate surface area is 80.3 Å². The number of methoxy groups -OCH3 is 1. The second-order valence-electron chi connectivity index (χ2n) is 2.77. The number of hydrogen-bond acceptors (Lipinski definition) is 4. The van der Waals surface area contributed by atoms with Crippen LogP contribution in [0.3, 0.4) is 0 Å². The van der Waals surface area contributed by atoms with Crippen molar-refractivity contribution < 1.29 is 4.74 Å². The number of pyridine rings is 1. The number of nitrogens with two attached hydrogens (primary N) is 1. The van der Waals surface area contributed by atoms with Crippen LogP contribution in [0, 0.1) is 11.3 Å². The summed E-state index contributed by atoms with van der Waals surface area (Å²) in [6.45, 7) is 0. The minimum atomic E-state index is 0.453. The van der Waals surface area contributed by atoms with Crippen molar-refractivity contribution in [2.75, 3.05) is 12.8 Å². The monoisotopic (exact) mass is 188 g/mol. The number of anilines is 1. The fourth-order valence-corrected chi connectivity index (χ4v) is 1.36. The zero-order chi connectivity index (χ0) is 10.1. The lowest BCUT2D eigenvalue weighted by Crippen LogP contribution is -1.97. The molecule has 0 aromatic carbocycles. The Kier molecular flexibility index (Phi) is 1.75. The van der Waals surface area contributed by atoms with Gasteiger partial charge in [0.15, 0.2) is 5.75 Å². The van der Waals surface area contributed by atoms with Crippen molar-refractivity contribution in [3.63, 3.8) is 0 Å². The van der Waals surface area contributed by atoms with Crippen LogP contribution in [0.2, 0.25) is 0 Å². The lowest BCUT2D eigenvalue weighted by molar-refractivity contribution is 0.419. The Morgan fingerprint density at radius 1 is 1.64 bits per heavy atom. The van der Waals surface area contributed by atoms with Crippen molar-refractivity contribution in [2.45, 2.75) is 0 Å². The van der Waals surface area contributed by atoms with E-state index >= 15 is 0 Å². The number of nitrogen functional groups attached to an aromatic ring is 1. The highest BCUT2D eigenvalue weighted by Gasteiger charge is 2.11. The molecule has 70 valence electrons. The second kappa shape index (κ2) is 2.92. The van der Waals surface area contributed by atoms with Crippen LogP contribution in [0.5, 0.6) is 5.75 Å². The van der Waals surface area contributed by atoms with Crippen LogP contribution in [0.4, 0.5) is 5.69 Å². The minimum absolute atomic E-state index is 0.453. The average molecular weight is 188 g/mol. The normalized spacial score (nSPS) is 10.0. The summed E-state index contributed by atoms with van der Waals surface area (Å²) in [6, 6.07) is 3.71. The molecule has 0 amide bonds. The van der Waals surface area contributed by atoms with Crippen molar-refractivity contribution in [3.05, 3.63) is 24.0 Å². The molecule has 0 fully saturated rings. The summed E-state index contributed by atoms with van der Waals surface area (Å²) in [5, 5.41) is 12.8. The molecule has 2 aromatic rings. The van der Waals surface area contributed by atoms with Crippen molar-refractivity contribution in [2.24, 2.45) is 0 Å². The van der Waals surface area contributed by atoms with E-state index in [0.29, 0.717) is 22.5 Å². The van der Waals surface area contributed by atoms with E-state index in [2.05, 4.69) is 5.10 Å². The Morgan fingerprint density at radius 2 is 2.43 bits per heavy atom. The van der Waals surface area contributed by atoms with E-state index in [1.54, 1.807) is 16.8 Å². The van der Waals surface area contributed by atoms with Crippen molar-refractivity contribution >= 4 is 11.2 Å². The van der Waals surface area contributed by atoms with E-state index in [-0.39, 0.29) is 0 Å². The Bertz CT molecular complexity index is 523. The van der Waals surface area contributed by atoms with Gasteiger partial charge in [-0.05, 0) is 6.07 Å². The van der Waals surface area contributed by atoms with Gasteiger partial charge in [-0.25, -0.2) is 4.52 Å². The molecular weight excluding hydrogens is 180 g/mol. The van der Waals surface area contributed by atoms with E-state index in [1.165, 1.54) is 13.3 Å². The van der Waals surface area contributed by atoms with Gasteiger partial charge in [-0.15, -0.1) is 0 Å². The van der Waals surface area contributed by atoms with E-state index in [0.717, 1.165) is 0 Å². The maximum absolute atomic E-state index is 8.84. The molecular formula is C9H8N4O. The van der Waals surface area contributed by atoms with Crippen LogP contribution >= 0.6 is 0 Å². The van der Waals surface area contributed by atoms with E-state index in [9.17, 15) is 0 Å². The van der Waals surface area contributed by atoms with Crippen molar-refractivity contribution in [1.82, 2.24) is 9.61 Å². The number of nitriles is 1. The van der Waals surface area contributed by atoms with Gasteiger partial charge in [0.2, 0.25) is 0 Å². The minimum Gasteiger partial charge on any atom is -0.492 e. The van der Waals surface area contributed by atoms with Crippen LogP contribution in [-0.4, -0.2) is 16.7 Å². The SMILES string of the molecule is COc1c(N)ccn2ncc(C#N)c12. The number of rotatable bonds is 1. The summed E-state index contributed by atoms with van der Waals surface area (Å²) in [4.78, 5) is 0. The molecule has 5 nitrogen and oxygen atoms in total. The quantitative estimate of drug-likeness (QED) is 0.718. The first-order valence-electron chi connectivity index (χ1n) is 3.98. The first-order valence-corrected chi connectivity index (χ1v) is 3.98. The number of fused-ring (bicyclic) bond motifs is 1. The standard InChI is InChI=1S/C9H8N4O/c1-14-9-7(11)2-3-13-8(9)6(4-10)5-12-13/h2-3,5H,11H2,1H3. The summed E-state index contributed by atoms with van der Waals surface area (Å²) in [7, 11) is 1.51. The molecule has 0 saturated carbocycles.